The molecule has 0 aliphatic carbocycles. The molecule has 0 unspecified atom stereocenters. The molecule has 0 saturated heterocycles. The van der Waals surface area contributed by atoms with E-state index < -0.39 is 0 Å². The zero-order chi connectivity index (χ0) is 6.81. The van der Waals surface area contributed by atoms with Crippen LogP contribution in [0.25, 0.3) is 12.3 Å². The second kappa shape index (κ2) is 2.14. The SMILES string of the molecule is C1=c2cccnc2=CCN1. The largest absolute Gasteiger partial charge is 0.387 e. The molecule has 1 aliphatic rings. The standard InChI is InChI=1S/C8H8N2/c1-2-7-6-9-5-3-8(7)10-4-1/h1-4,6,9H,5H2. The molecule has 0 bridgehead atoms. The molecule has 2 rings (SSSR count). The lowest BCUT2D eigenvalue weighted by Crippen LogP contribution is -2.34. The van der Waals surface area contributed by atoms with Crippen molar-refractivity contribution in [2.24, 2.45) is 0 Å². The van der Waals surface area contributed by atoms with E-state index in [1.807, 2.05) is 24.5 Å². The van der Waals surface area contributed by atoms with E-state index in [0.717, 1.165) is 11.9 Å². The van der Waals surface area contributed by atoms with Gasteiger partial charge in [0.1, 0.15) is 0 Å². The molecule has 0 spiro atoms. The lowest BCUT2D eigenvalue weighted by Gasteiger charge is -1.99. The summed E-state index contributed by atoms with van der Waals surface area (Å²) in [4.78, 5) is 4.19. The molecule has 10 heavy (non-hydrogen) atoms. The Balaban J connectivity index is 2.84. The smallest absolute Gasteiger partial charge is 0.0694 e. The zero-order valence-corrected chi connectivity index (χ0v) is 5.54. The van der Waals surface area contributed by atoms with E-state index in [2.05, 4.69) is 16.4 Å². The predicted molar refractivity (Wildman–Crippen MR) is 40.4 cm³/mol. The number of nitrogens with zero attached hydrogens (tertiary/aromatic N) is 1. The molecule has 0 saturated carbocycles. The van der Waals surface area contributed by atoms with Crippen LogP contribution < -0.4 is 15.9 Å². The van der Waals surface area contributed by atoms with Crippen molar-refractivity contribution in [1.29, 1.82) is 0 Å². The van der Waals surface area contributed by atoms with Gasteiger partial charge < -0.3 is 5.32 Å². The van der Waals surface area contributed by atoms with Gasteiger partial charge in [-0.2, -0.15) is 0 Å². The highest BCUT2D eigenvalue weighted by molar-refractivity contribution is 5.34. The van der Waals surface area contributed by atoms with Gasteiger partial charge in [0.2, 0.25) is 0 Å². The number of rotatable bonds is 0. The van der Waals surface area contributed by atoms with Gasteiger partial charge in [-0.05, 0) is 18.2 Å². The lowest BCUT2D eigenvalue weighted by atomic mass is 10.3. The van der Waals surface area contributed by atoms with Crippen molar-refractivity contribution < 1.29 is 0 Å². The molecule has 0 fully saturated rings. The molecule has 1 N–H and O–H groups in total. The third-order valence-corrected chi connectivity index (χ3v) is 1.54. The van der Waals surface area contributed by atoms with Crippen molar-refractivity contribution in [1.82, 2.24) is 10.3 Å². The Morgan fingerprint density at radius 2 is 2.50 bits per heavy atom. The minimum Gasteiger partial charge on any atom is -0.387 e. The van der Waals surface area contributed by atoms with Crippen LogP contribution in [0.5, 0.6) is 0 Å². The highest BCUT2D eigenvalue weighted by Gasteiger charge is 1.88. The maximum Gasteiger partial charge on any atom is 0.0694 e. The van der Waals surface area contributed by atoms with Gasteiger partial charge >= 0.3 is 0 Å². The minimum absolute atomic E-state index is 0.893. The van der Waals surface area contributed by atoms with Crippen LogP contribution in [-0.2, 0) is 0 Å². The summed E-state index contributed by atoms with van der Waals surface area (Å²) in [5, 5.41) is 5.38. The van der Waals surface area contributed by atoms with Gasteiger partial charge in [0, 0.05) is 24.2 Å². The molecule has 0 radical (unpaired) electrons. The summed E-state index contributed by atoms with van der Waals surface area (Å²) in [6, 6.07) is 3.99. The summed E-state index contributed by atoms with van der Waals surface area (Å²) in [7, 11) is 0. The van der Waals surface area contributed by atoms with Gasteiger partial charge in [-0.25, -0.2) is 0 Å². The molecular formula is C8H8N2. The molecule has 0 amide bonds. The van der Waals surface area contributed by atoms with Crippen LogP contribution in [0.15, 0.2) is 18.3 Å². The Kier molecular flexibility index (Phi) is 1.17. The molecule has 0 aromatic carbocycles. The fourth-order valence-corrected chi connectivity index (χ4v) is 1.05. The topological polar surface area (TPSA) is 24.9 Å². The van der Waals surface area contributed by atoms with E-state index in [-0.39, 0.29) is 0 Å². The van der Waals surface area contributed by atoms with Crippen molar-refractivity contribution in [3.63, 3.8) is 0 Å². The van der Waals surface area contributed by atoms with Crippen molar-refractivity contribution in [2.45, 2.75) is 0 Å². The number of pyridine rings is 1. The normalized spacial score (nSPS) is 14.0. The summed E-state index contributed by atoms with van der Waals surface area (Å²) in [6.07, 6.45) is 5.88. The first-order valence-corrected chi connectivity index (χ1v) is 3.31. The number of fused-ring (bicyclic) bond motifs is 1. The molecule has 50 valence electrons. The zero-order valence-electron chi connectivity index (χ0n) is 5.54. The number of hydrogen-bond donors (Lipinski definition) is 1. The van der Waals surface area contributed by atoms with Gasteiger partial charge in [0.15, 0.2) is 0 Å². The maximum absolute atomic E-state index is 4.19. The van der Waals surface area contributed by atoms with E-state index in [0.29, 0.717) is 0 Å². The number of nitrogens with one attached hydrogen (secondary N) is 1. The second-order valence-electron chi connectivity index (χ2n) is 2.23. The van der Waals surface area contributed by atoms with Crippen molar-refractivity contribution >= 4 is 12.3 Å². The minimum atomic E-state index is 0.893. The fourth-order valence-electron chi connectivity index (χ4n) is 1.05. The second-order valence-corrected chi connectivity index (χ2v) is 2.23. The van der Waals surface area contributed by atoms with Crippen LogP contribution in [-0.4, -0.2) is 11.5 Å². The van der Waals surface area contributed by atoms with Gasteiger partial charge in [-0.3, -0.25) is 4.98 Å². The Hall–Kier alpha value is -1.31. The molecular weight excluding hydrogens is 124 g/mol. The van der Waals surface area contributed by atoms with E-state index in [9.17, 15) is 0 Å². The van der Waals surface area contributed by atoms with E-state index in [4.69, 9.17) is 0 Å². The van der Waals surface area contributed by atoms with Crippen LogP contribution in [0.1, 0.15) is 0 Å². The molecule has 1 aromatic rings. The number of hydrogen-bond acceptors (Lipinski definition) is 2. The highest BCUT2D eigenvalue weighted by atomic mass is 14.8. The van der Waals surface area contributed by atoms with E-state index in [1.54, 1.807) is 0 Å². The first-order chi connectivity index (χ1) is 4.97. The van der Waals surface area contributed by atoms with Crippen molar-refractivity contribution in [2.75, 3.05) is 6.54 Å². The summed E-state index contributed by atoms with van der Waals surface area (Å²) in [5.74, 6) is 0. The predicted octanol–water partition coefficient (Wildman–Crippen LogP) is -0.797. The summed E-state index contributed by atoms with van der Waals surface area (Å²) >= 11 is 0. The third-order valence-electron chi connectivity index (χ3n) is 1.54. The monoisotopic (exact) mass is 132 g/mol. The quantitative estimate of drug-likeness (QED) is 0.500. The van der Waals surface area contributed by atoms with Crippen LogP contribution in [0.3, 0.4) is 0 Å². The average molecular weight is 132 g/mol. The molecule has 2 heterocycles. The van der Waals surface area contributed by atoms with E-state index >= 15 is 0 Å². The average Bonchev–Trinajstić information content (AvgIpc) is 2.05. The summed E-state index contributed by atoms with van der Waals surface area (Å²) in [6.45, 7) is 0.893. The highest BCUT2D eigenvalue weighted by Crippen LogP contribution is 1.71. The lowest BCUT2D eigenvalue weighted by molar-refractivity contribution is 1.03. The van der Waals surface area contributed by atoms with Gasteiger partial charge in [0.05, 0.1) is 5.35 Å². The Morgan fingerprint density at radius 3 is 3.40 bits per heavy atom. The summed E-state index contributed by atoms with van der Waals surface area (Å²) < 4.78 is 0. The molecule has 1 aromatic heterocycles. The molecule has 0 atom stereocenters. The van der Waals surface area contributed by atoms with Gasteiger partial charge in [-0.1, -0.05) is 0 Å². The van der Waals surface area contributed by atoms with Crippen LogP contribution >= 0.6 is 0 Å². The Morgan fingerprint density at radius 1 is 1.50 bits per heavy atom. The molecule has 1 aliphatic heterocycles. The number of aromatic nitrogens is 1. The van der Waals surface area contributed by atoms with Gasteiger partial charge in [-0.15, -0.1) is 0 Å². The van der Waals surface area contributed by atoms with E-state index in [1.165, 1.54) is 5.22 Å². The Bertz CT molecular complexity index is 306. The van der Waals surface area contributed by atoms with Crippen molar-refractivity contribution in [3.8, 4) is 0 Å². The maximum atomic E-state index is 4.19. The molecule has 2 nitrogen and oxygen atoms in total. The molecule has 2 heteroatoms. The fraction of sp³-hybridized carbons (Fsp3) is 0.125. The van der Waals surface area contributed by atoms with Gasteiger partial charge in [0.25, 0.3) is 0 Å². The Labute approximate surface area is 58.9 Å². The first-order valence-electron chi connectivity index (χ1n) is 3.31. The van der Waals surface area contributed by atoms with Crippen LogP contribution in [0.4, 0.5) is 0 Å². The summed E-state index contributed by atoms with van der Waals surface area (Å²) in [5.41, 5.74) is 0. The third kappa shape index (κ3) is 0.778. The first kappa shape index (κ1) is 5.47. The van der Waals surface area contributed by atoms with Crippen molar-refractivity contribution in [3.05, 3.63) is 28.9 Å². The van der Waals surface area contributed by atoms with Crippen LogP contribution in [0, 0.1) is 0 Å². The van der Waals surface area contributed by atoms with Crippen LogP contribution in [0.2, 0.25) is 0 Å².